The second-order valence-electron chi connectivity index (χ2n) is 8.32. The van der Waals surface area contributed by atoms with E-state index in [-0.39, 0.29) is 5.41 Å². The summed E-state index contributed by atoms with van der Waals surface area (Å²) in [6.45, 7) is 4.68. The van der Waals surface area contributed by atoms with Gasteiger partial charge in [-0.15, -0.1) is 5.92 Å². The highest BCUT2D eigenvalue weighted by Crippen LogP contribution is 2.54. The molecule has 3 atom stereocenters. The summed E-state index contributed by atoms with van der Waals surface area (Å²) >= 11 is 0. The zero-order chi connectivity index (χ0) is 19.6. The minimum absolute atomic E-state index is 0.166. The number of rotatable bonds is 4. The summed E-state index contributed by atoms with van der Waals surface area (Å²) in [5.41, 5.74) is 3.37. The molecule has 0 aliphatic heterocycles. The fourth-order valence-corrected chi connectivity index (χ4v) is 5.40. The molecule has 0 amide bonds. The Kier molecular flexibility index (Phi) is 5.17. The largest absolute Gasteiger partial charge is 0.489 e. The number of pyridine rings is 1. The van der Waals surface area contributed by atoms with Crippen molar-refractivity contribution < 1.29 is 9.84 Å². The van der Waals surface area contributed by atoms with Crippen molar-refractivity contribution in [2.45, 2.75) is 70.0 Å². The molecule has 3 nitrogen and oxygen atoms in total. The molecule has 0 unspecified atom stereocenters. The van der Waals surface area contributed by atoms with Crippen LogP contribution in [0.25, 0.3) is 0 Å². The molecular weight excluding hydrogens is 346 g/mol. The van der Waals surface area contributed by atoms with Crippen LogP contribution in [-0.2, 0) is 18.4 Å². The van der Waals surface area contributed by atoms with E-state index >= 15 is 0 Å². The third kappa shape index (κ3) is 3.42. The minimum atomic E-state index is -0.802. The Bertz CT molecular complexity index is 898. The molecule has 146 valence electrons. The van der Waals surface area contributed by atoms with Gasteiger partial charge in [-0.05, 0) is 97.7 Å². The van der Waals surface area contributed by atoms with Gasteiger partial charge in [-0.3, -0.25) is 4.98 Å². The van der Waals surface area contributed by atoms with Gasteiger partial charge in [0.05, 0.1) is 0 Å². The quantitative estimate of drug-likeness (QED) is 0.780. The third-order valence-electron chi connectivity index (χ3n) is 6.87. The van der Waals surface area contributed by atoms with Crippen LogP contribution in [0.4, 0.5) is 0 Å². The molecule has 1 fully saturated rings. The van der Waals surface area contributed by atoms with E-state index in [2.05, 4.69) is 41.9 Å². The van der Waals surface area contributed by atoms with Crippen molar-refractivity contribution in [3.05, 3.63) is 59.4 Å². The Labute approximate surface area is 168 Å². The number of aromatic nitrogens is 1. The summed E-state index contributed by atoms with van der Waals surface area (Å²) in [6.07, 6.45) is 9.42. The van der Waals surface area contributed by atoms with Crippen molar-refractivity contribution in [3.63, 3.8) is 0 Å². The maximum Gasteiger partial charge on any atom is 0.125 e. The maximum absolute atomic E-state index is 10.9. The lowest BCUT2D eigenvalue weighted by Crippen LogP contribution is -2.49. The van der Waals surface area contributed by atoms with E-state index in [4.69, 9.17) is 4.74 Å². The molecule has 2 aliphatic carbocycles. The number of ether oxygens (including phenoxy) is 1. The van der Waals surface area contributed by atoms with Crippen LogP contribution in [0.2, 0.25) is 0 Å². The lowest BCUT2D eigenvalue weighted by molar-refractivity contribution is -0.00926. The molecule has 1 saturated carbocycles. The number of nitrogens with zero attached hydrogens (tertiary/aromatic N) is 1. The third-order valence-corrected chi connectivity index (χ3v) is 6.87. The second-order valence-corrected chi connectivity index (χ2v) is 8.32. The zero-order valence-corrected chi connectivity index (χ0v) is 16.9. The maximum atomic E-state index is 10.9. The first kappa shape index (κ1) is 19.0. The Morgan fingerprint density at radius 3 is 2.79 bits per heavy atom. The highest BCUT2D eigenvalue weighted by atomic mass is 16.5. The van der Waals surface area contributed by atoms with Gasteiger partial charge >= 0.3 is 0 Å². The van der Waals surface area contributed by atoms with Crippen LogP contribution in [0.15, 0.2) is 42.7 Å². The topological polar surface area (TPSA) is 42.4 Å². The molecule has 0 bridgehead atoms. The fraction of sp³-hybridized carbons (Fsp3) is 0.480. The van der Waals surface area contributed by atoms with E-state index in [1.807, 2.05) is 19.1 Å². The van der Waals surface area contributed by atoms with Crippen LogP contribution < -0.4 is 4.74 Å². The summed E-state index contributed by atoms with van der Waals surface area (Å²) in [7, 11) is 0. The molecule has 1 aromatic carbocycles. The average molecular weight is 376 g/mol. The van der Waals surface area contributed by atoms with Crippen LogP contribution in [0.5, 0.6) is 5.75 Å². The van der Waals surface area contributed by atoms with Crippen LogP contribution in [0.3, 0.4) is 0 Å². The number of fused-ring (bicyclic) bond motifs is 3. The van der Waals surface area contributed by atoms with E-state index in [0.29, 0.717) is 12.5 Å². The molecular formula is C25H29NO2. The fourth-order valence-electron chi connectivity index (χ4n) is 5.40. The molecule has 0 saturated heterocycles. The van der Waals surface area contributed by atoms with E-state index in [0.717, 1.165) is 49.8 Å². The predicted octanol–water partition coefficient (Wildman–Crippen LogP) is 4.81. The molecule has 3 heteroatoms. The van der Waals surface area contributed by atoms with Gasteiger partial charge in [0.25, 0.3) is 0 Å². The molecule has 28 heavy (non-hydrogen) atoms. The number of benzene rings is 1. The standard InChI is InChI=1S/C25H29NO2/c1-3-11-24(27)12-13-25(4-2)21(17-24)6-5-20-16-22(7-8-23(20)25)28-18-19-9-14-26-15-10-19/h7-10,14-16,21,27H,4-6,12-13,17-18H2,1-2H3/t21-,24-,25-/m1/s1. The normalized spacial score (nSPS) is 28.5. The van der Waals surface area contributed by atoms with Crippen LogP contribution in [0.1, 0.15) is 62.6 Å². The van der Waals surface area contributed by atoms with Gasteiger partial charge in [0.2, 0.25) is 0 Å². The van der Waals surface area contributed by atoms with Crippen LogP contribution in [0, 0.1) is 17.8 Å². The van der Waals surface area contributed by atoms with Crippen molar-refractivity contribution in [1.82, 2.24) is 4.98 Å². The SMILES string of the molecule is CC#C[C@@]1(O)CC[C@@]2(CC)c3ccc(OCc4ccncc4)cc3CC[C@@H]2C1. The Balaban J connectivity index is 1.57. The summed E-state index contributed by atoms with van der Waals surface area (Å²) < 4.78 is 6.04. The molecule has 1 N–H and O–H groups in total. The Hall–Kier alpha value is -2.31. The molecule has 0 radical (unpaired) electrons. The van der Waals surface area contributed by atoms with E-state index in [1.165, 1.54) is 11.1 Å². The van der Waals surface area contributed by atoms with Crippen molar-refractivity contribution in [2.24, 2.45) is 5.92 Å². The van der Waals surface area contributed by atoms with Crippen molar-refractivity contribution in [3.8, 4) is 17.6 Å². The van der Waals surface area contributed by atoms with Gasteiger partial charge in [0.15, 0.2) is 0 Å². The summed E-state index contributed by atoms with van der Waals surface area (Å²) in [6, 6.07) is 10.6. The van der Waals surface area contributed by atoms with Crippen molar-refractivity contribution in [1.29, 1.82) is 0 Å². The highest BCUT2D eigenvalue weighted by molar-refractivity contribution is 5.44. The first-order valence-corrected chi connectivity index (χ1v) is 10.4. The second kappa shape index (κ2) is 7.60. The Morgan fingerprint density at radius 1 is 1.21 bits per heavy atom. The van der Waals surface area contributed by atoms with Crippen LogP contribution in [-0.4, -0.2) is 15.7 Å². The van der Waals surface area contributed by atoms with Gasteiger partial charge in [0, 0.05) is 12.4 Å². The number of aliphatic hydroxyl groups is 1. The summed E-state index contributed by atoms with van der Waals surface area (Å²) in [5, 5.41) is 10.9. The van der Waals surface area contributed by atoms with E-state index in [9.17, 15) is 5.11 Å². The predicted molar refractivity (Wildman–Crippen MR) is 111 cm³/mol. The van der Waals surface area contributed by atoms with Gasteiger partial charge in [-0.1, -0.05) is 18.9 Å². The van der Waals surface area contributed by atoms with E-state index in [1.54, 1.807) is 12.4 Å². The lowest BCUT2D eigenvalue weighted by Gasteiger charge is -2.52. The van der Waals surface area contributed by atoms with E-state index < -0.39 is 5.60 Å². The van der Waals surface area contributed by atoms with Gasteiger partial charge in [-0.2, -0.15) is 0 Å². The first-order valence-electron chi connectivity index (χ1n) is 10.4. The average Bonchev–Trinajstić information content (AvgIpc) is 2.72. The summed E-state index contributed by atoms with van der Waals surface area (Å²) in [4.78, 5) is 4.05. The number of aryl methyl sites for hydroxylation is 1. The molecule has 2 aromatic rings. The lowest BCUT2D eigenvalue weighted by atomic mass is 9.53. The highest BCUT2D eigenvalue weighted by Gasteiger charge is 2.50. The number of hydrogen-bond donors (Lipinski definition) is 1. The van der Waals surface area contributed by atoms with Gasteiger partial charge < -0.3 is 9.84 Å². The first-order chi connectivity index (χ1) is 13.6. The smallest absolute Gasteiger partial charge is 0.125 e. The van der Waals surface area contributed by atoms with Crippen LogP contribution >= 0.6 is 0 Å². The Morgan fingerprint density at radius 2 is 2.04 bits per heavy atom. The molecule has 1 heterocycles. The van der Waals surface area contributed by atoms with Crippen molar-refractivity contribution >= 4 is 0 Å². The van der Waals surface area contributed by atoms with Gasteiger partial charge in [0.1, 0.15) is 18.0 Å². The zero-order valence-electron chi connectivity index (χ0n) is 16.9. The molecule has 1 aromatic heterocycles. The van der Waals surface area contributed by atoms with Gasteiger partial charge in [-0.25, -0.2) is 0 Å². The van der Waals surface area contributed by atoms with Crippen molar-refractivity contribution in [2.75, 3.05) is 0 Å². The minimum Gasteiger partial charge on any atom is -0.489 e. The summed E-state index contributed by atoms with van der Waals surface area (Å²) in [5.74, 6) is 7.45. The number of hydrogen-bond acceptors (Lipinski definition) is 3. The molecule has 4 rings (SSSR count). The molecule has 2 aliphatic rings. The monoisotopic (exact) mass is 375 g/mol. The molecule has 0 spiro atoms.